The molecule has 0 saturated heterocycles. The van der Waals surface area contributed by atoms with Crippen molar-refractivity contribution in [3.05, 3.63) is 71.8 Å². The number of aryl methyl sites for hydroxylation is 1. The fourth-order valence-electron chi connectivity index (χ4n) is 3.85. The van der Waals surface area contributed by atoms with Crippen molar-refractivity contribution in [1.82, 2.24) is 4.31 Å². The van der Waals surface area contributed by atoms with E-state index in [0.29, 0.717) is 25.5 Å². The normalized spacial score (nSPS) is 19.1. The highest BCUT2D eigenvalue weighted by Crippen LogP contribution is 2.45. The summed E-state index contributed by atoms with van der Waals surface area (Å²) in [4.78, 5) is 0. The molecule has 5 nitrogen and oxygen atoms in total. The van der Waals surface area contributed by atoms with E-state index in [-0.39, 0.29) is 0 Å². The van der Waals surface area contributed by atoms with Crippen molar-refractivity contribution in [2.45, 2.75) is 32.9 Å². The number of nitrogens with zero attached hydrogens (tertiary/aromatic N) is 1. The number of hydrogen-bond donors (Lipinski definition) is 0. The van der Waals surface area contributed by atoms with Gasteiger partial charge in [-0.05, 0) is 89.5 Å². The molecule has 2 heterocycles. The van der Waals surface area contributed by atoms with Crippen LogP contribution < -0.4 is 18.9 Å². The van der Waals surface area contributed by atoms with Crippen LogP contribution in [-0.4, -0.2) is 30.2 Å². The summed E-state index contributed by atoms with van der Waals surface area (Å²) in [5.74, 6) is 3.88. The van der Waals surface area contributed by atoms with E-state index in [2.05, 4.69) is 91.9 Å². The maximum atomic E-state index is 5.43. The Bertz CT molecular complexity index is 1020. The van der Waals surface area contributed by atoms with E-state index in [4.69, 9.17) is 18.9 Å². The first-order valence-electron chi connectivity index (χ1n) is 10.8. The minimum absolute atomic E-state index is 0.319. The lowest BCUT2D eigenvalue weighted by molar-refractivity contribution is 0.173. The van der Waals surface area contributed by atoms with Gasteiger partial charge in [0, 0.05) is 33.7 Å². The van der Waals surface area contributed by atoms with Crippen LogP contribution in [0.15, 0.2) is 60.7 Å². The molecule has 2 aromatic carbocycles. The molecule has 0 aromatic heterocycles. The molecule has 5 rings (SSSR count). The van der Waals surface area contributed by atoms with Crippen molar-refractivity contribution < 1.29 is 18.9 Å². The Morgan fingerprint density at radius 2 is 1.38 bits per heavy atom. The van der Waals surface area contributed by atoms with Gasteiger partial charge in [-0.3, -0.25) is 0 Å². The minimum Gasteiger partial charge on any atom is -0.454 e. The number of ether oxygens (including phenoxy) is 4. The van der Waals surface area contributed by atoms with Gasteiger partial charge in [-0.1, -0.05) is 48.1 Å². The Hall–Kier alpha value is -0.760. The van der Waals surface area contributed by atoms with Gasteiger partial charge in [0.15, 0.2) is 23.0 Å². The van der Waals surface area contributed by atoms with Gasteiger partial charge in [-0.15, -0.1) is 0 Å². The van der Waals surface area contributed by atoms with Gasteiger partial charge in [0.05, 0.1) is 6.04 Å². The second-order valence-electron chi connectivity index (χ2n) is 7.81. The van der Waals surface area contributed by atoms with Gasteiger partial charge in [0.25, 0.3) is 0 Å². The maximum Gasteiger partial charge on any atom is 0.231 e. The van der Waals surface area contributed by atoms with Gasteiger partial charge >= 0.3 is 0 Å². The maximum absolute atomic E-state index is 5.43. The van der Waals surface area contributed by atoms with E-state index in [1.54, 1.807) is 18.1 Å². The molecular formula is C25H29I2NO4S2. The van der Waals surface area contributed by atoms with Gasteiger partial charge in [-0.25, -0.2) is 4.31 Å². The second kappa shape index (κ2) is 13.5. The summed E-state index contributed by atoms with van der Waals surface area (Å²) in [6, 6.07) is 12.6. The summed E-state index contributed by atoms with van der Waals surface area (Å²) in [7, 11) is 3.44. The van der Waals surface area contributed by atoms with E-state index in [9.17, 15) is 0 Å². The zero-order valence-electron chi connectivity index (χ0n) is 19.5. The van der Waals surface area contributed by atoms with Crippen LogP contribution in [0, 0.1) is 5.92 Å². The van der Waals surface area contributed by atoms with Crippen molar-refractivity contribution in [3.8, 4) is 23.0 Å². The third kappa shape index (κ3) is 6.71. The Morgan fingerprint density at radius 1 is 0.882 bits per heavy atom. The fraction of sp³-hybridized carbons (Fsp3) is 0.360. The predicted octanol–water partition coefficient (Wildman–Crippen LogP) is 8.02. The number of hydrogen-bond acceptors (Lipinski definition) is 7. The van der Waals surface area contributed by atoms with Crippen molar-refractivity contribution in [2.24, 2.45) is 5.92 Å². The van der Waals surface area contributed by atoms with Crippen LogP contribution in [0.2, 0.25) is 0 Å². The number of fused-ring (bicyclic) bond motifs is 2. The monoisotopic (exact) mass is 725 g/mol. The van der Waals surface area contributed by atoms with Gasteiger partial charge < -0.3 is 18.9 Å². The summed E-state index contributed by atoms with van der Waals surface area (Å²) < 4.78 is 23.5. The average molecular weight is 725 g/mol. The topological polar surface area (TPSA) is 40.2 Å². The molecule has 1 aliphatic carbocycles. The highest BCUT2D eigenvalue weighted by Gasteiger charge is 2.39. The lowest BCUT2D eigenvalue weighted by atomic mass is 9.72. The van der Waals surface area contributed by atoms with Crippen molar-refractivity contribution >= 4 is 60.5 Å². The summed E-state index contributed by atoms with van der Waals surface area (Å²) in [5, 5.41) is 0. The molecule has 0 spiro atoms. The zero-order valence-corrected chi connectivity index (χ0v) is 25.5. The van der Waals surface area contributed by atoms with Crippen LogP contribution >= 0.6 is 60.5 Å². The van der Waals surface area contributed by atoms with Crippen molar-refractivity contribution in [3.63, 3.8) is 0 Å². The van der Waals surface area contributed by atoms with E-state index in [1.165, 1.54) is 16.7 Å². The molecule has 9 heteroatoms. The number of benzene rings is 2. The molecule has 1 saturated carbocycles. The molecule has 3 aliphatic rings. The second-order valence-corrected chi connectivity index (χ2v) is 12.6. The average Bonchev–Trinajstić information content (AvgIpc) is 3.52. The van der Waals surface area contributed by atoms with E-state index in [1.807, 2.05) is 24.5 Å². The highest BCUT2D eigenvalue weighted by molar-refractivity contribution is 14.2. The Kier molecular flexibility index (Phi) is 11.1. The van der Waals surface area contributed by atoms with Gasteiger partial charge in [0.1, 0.15) is 0 Å². The predicted molar refractivity (Wildman–Crippen MR) is 160 cm³/mol. The lowest BCUT2D eigenvalue weighted by Crippen LogP contribution is -2.45. The summed E-state index contributed by atoms with van der Waals surface area (Å²) in [5.41, 5.74) is 4.84. The molecule has 2 aliphatic heterocycles. The first-order valence-corrected chi connectivity index (χ1v) is 17.9. The molecule has 2 atom stereocenters. The summed E-state index contributed by atoms with van der Waals surface area (Å²) in [6.07, 6.45) is 3.07. The molecule has 34 heavy (non-hydrogen) atoms. The smallest absolute Gasteiger partial charge is 0.231 e. The van der Waals surface area contributed by atoms with Crippen molar-refractivity contribution in [1.29, 1.82) is 0 Å². The summed E-state index contributed by atoms with van der Waals surface area (Å²) >= 11 is 4.53. The van der Waals surface area contributed by atoms with E-state index < -0.39 is 0 Å². The summed E-state index contributed by atoms with van der Waals surface area (Å²) in [6.45, 7) is 14.1. The number of halogens is 2. The Labute approximate surface area is 235 Å². The molecule has 0 radical (unpaired) electrons. The number of rotatable bonds is 5. The highest BCUT2D eigenvalue weighted by atomic mass is 127. The molecule has 0 bridgehead atoms. The van der Waals surface area contributed by atoms with E-state index in [0.717, 1.165) is 41.5 Å². The lowest BCUT2D eigenvalue weighted by Gasteiger charge is -2.45. The first-order chi connectivity index (χ1) is 16.4. The van der Waals surface area contributed by atoms with Crippen LogP contribution in [0.5, 0.6) is 23.0 Å². The molecule has 2 aromatic rings. The standard InChI is InChI=1S/C15H16INO2S.C9H10O2.CH3IS/c1-9-10(2)15(11(9)3)17(20-16)7-12-4-5-13-14(6-12)19-8-18-13;1-2-7-3-4-8-9(5-7)11-6-10-8;1-3-2/h4-6,11,15H,1-2,7-8H2,3H3;3-5H,2,6H2,1H3;1H3/t11-,15-;;/m1../s1. The SMILES string of the molecule is C=C1C(=C)[C@@H](N(Cc2ccc3c(c2)OCO3)SI)[C@@H]1C.CCc1ccc2c(c1)OCO2.CSI. The van der Waals surface area contributed by atoms with Gasteiger partial charge in [0.2, 0.25) is 13.6 Å². The largest absolute Gasteiger partial charge is 0.454 e. The fourth-order valence-corrected chi connectivity index (χ4v) is 5.59. The quantitative estimate of drug-likeness (QED) is 0.229. The third-order valence-electron chi connectivity index (χ3n) is 5.81. The third-order valence-corrected chi connectivity index (χ3v) is 7.86. The molecule has 0 unspecified atom stereocenters. The van der Waals surface area contributed by atoms with Crippen LogP contribution in [0.1, 0.15) is 25.0 Å². The van der Waals surface area contributed by atoms with Crippen LogP contribution in [0.4, 0.5) is 0 Å². The molecule has 1 fully saturated rings. The van der Waals surface area contributed by atoms with Crippen LogP contribution in [0.25, 0.3) is 0 Å². The first kappa shape index (κ1) is 27.8. The van der Waals surface area contributed by atoms with Crippen LogP contribution in [-0.2, 0) is 13.0 Å². The molecular weight excluding hydrogens is 696 g/mol. The Morgan fingerprint density at radius 3 is 1.88 bits per heavy atom. The minimum atomic E-state index is 0.319. The Balaban J connectivity index is 0.000000194. The molecule has 184 valence electrons. The van der Waals surface area contributed by atoms with Crippen LogP contribution in [0.3, 0.4) is 0 Å². The van der Waals surface area contributed by atoms with Crippen molar-refractivity contribution in [2.75, 3.05) is 19.8 Å². The molecule has 0 amide bonds. The molecule has 0 N–H and O–H groups in total. The van der Waals surface area contributed by atoms with Gasteiger partial charge in [-0.2, -0.15) is 0 Å². The zero-order chi connectivity index (χ0) is 24.7. The van der Waals surface area contributed by atoms with E-state index >= 15 is 0 Å².